The van der Waals surface area contributed by atoms with Crippen molar-refractivity contribution in [2.75, 3.05) is 5.32 Å². The van der Waals surface area contributed by atoms with Gasteiger partial charge in [-0.05, 0) is 32.3 Å². The zero-order valence-electron chi connectivity index (χ0n) is 13.7. The lowest BCUT2D eigenvalue weighted by atomic mass is 10.1. The second-order valence-corrected chi connectivity index (χ2v) is 6.57. The Hall–Kier alpha value is -2.36. The first-order valence-corrected chi connectivity index (χ1v) is 8.40. The van der Waals surface area contributed by atoms with Crippen LogP contribution < -0.4 is 5.32 Å². The topological polar surface area (TPSA) is 42.2 Å². The first kappa shape index (κ1) is 14.2. The second kappa shape index (κ2) is 5.69. The van der Waals surface area contributed by atoms with Crippen LogP contribution >= 0.6 is 0 Å². The number of aromatic nitrogens is 3. The van der Waals surface area contributed by atoms with Gasteiger partial charge in [0.2, 0.25) is 0 Å². The van der Waals surface area contributed by atoms with Crippen molar-refractivity contribution in [2.24, 2.45) is 0 Å². The van der Waals surface area contributed by atoms with Gasteiger partial charge in [0.05, 0.1) is 6.20 Å². The summed E-state index contributed by atoms with van der Waals surface area (Å²) in [6.07, 6.45) is 7.05. The van der Waals surface area contributed by atoms with E-state index in [1.807, 2.05) is 17.6 Å². The lowest BCUT2D eigenvalue weighted by Crippen LogP contribution is -2.17. The molecule has 2 heterocycles. The van der Waals surface area contributed by atoms with Crippen LogP contribution in [0.1, 0.15) is 36.9 Å². The predicted molar refractivity (Wildman–Crippen MR) is 93.8 cm³/mol. The van der Waals surface area contributed by atoms with E-state index < -0.39 is 0 Å². The van der Waals surface area contributed by atoms with E-state index in [-0.39, 0.29) is 0 Å². The molecule has 1 fully saturated rings. The molecule has 1 N–H and O–H groups in total. The van der Waals surface area contributed by atoms with Gasteiger partial charge in [0.1, 0.15) is 5.82 Å². The number of hydrogen-bond acceptors (Lipinski definition) is 3. The summed E-state index contributed by atoms with van der Waals surface area (Å²) < 4.78 is 1.94. The molecule has 4 heteroatoms. The summed E-state index contributed by atoms with van der Waals surface area (Å²) in [5, 5.41) is 8.25. The highest BCUT2D eigenvalue weighted by Crippen LogP contribution is 2.28. The summed E-state index contributed by atoms with van der Waals surface area (Å²) in [6, 6.07) is 11.2. The number of fused-ring (bicyclic) bond motifs is 1. The van der Waals surface area contributed by atoms with Gasteiger partial charge in [-0.25, -0.2) is 4.98 Å². The molecule has 118 valence electrons. The van der Waals surface area contributed by atoms with Gasteiger partial charge in [0.15, 0.2) is 5.65 Å². The molecule has 1 aromatic carbocycles. The van der Waals surface area contributed by atoms with E-state index in [9.17, 15) is 0 Å². The fraction of sp³-hybridized carbons (Fsp3) is 0.368. The monoisotopic (exact) mass is 306 g/mol. The Bertz CT molecular complexity index is 826. The van der Waals surface area contributed by atoms with Gasteiger partial charge in [0.25, 0.3) is 0 Å². The van der Waals surface area contributed by atoms with Crippen LogP contribution in [0.25, 0.3) is 16.8 Å². The van der Waals surface area contributed by atoms with Crippen molar-refractivity contribution >= 4 is 11.5 Å². The third-order valence-electron chi connectivity index (χ3n) is 4.67. The summed E-state index contributed by atoms with van der Waals surface area (Å²) >= 11 is 0. The Morgan fingerprint density at radius 3 is 2.57 bits per heavy atom. The minimum absolute atomic E-state index is 0.562. The smallest absolute Gasteiger partial charge is 0.165 e. The number of hydrogen-bond donors (Lipinski definition) is 1. The van der Waals surface area contributed by atoms with Crippen molar-refractivity contribution in [3.8, 4) is 11.1 Å². The molecule has 0 spiro atoms. The SMILES string of the molecule is Cc1ccc(-c2cnn3c(NC4CCCC4)cc(C)nc23)cc1. The number of nitrogens with zero attached hydrogens (tertiary/aromatic N) is 3. The van der Waals surface area contributed by atoms with Gasteiger partial charge in [-0.15, -0.1) is 0 Å². The highest BCUT2D eigenvalue weighted by atomic mass is 15.3. The average Bonchev–Trinajstić information content (AvgIpc) is 3.17. The largest absolute Gasteiger partial charge is 0.367 e. The Kier molecular flexibility index (Phi) is 3.52. The van der Waals surface area contributed by atoms with E-state index in [1.54, 1.807) is 0 Å². The minimum atomic E-state index is 0.562. The molecular weight excluding hydrogens is 284 g/mol. The van der Waals surface area contributed by atoms with Crippen molar-refractivity contribution in [3.63, 3.8) is 0 Å². The summed E-state index contributed by atoms with van der Waals surface area (Å²) in [5.74, 6) is 1.05. The maximum absolute atomic E-state index is 4.73. The van der Waals surface area contributed by atoms with Crippen LogP contribution in [0.3, 0.4) is 0 Å². The standard InChI is InChI=1S/C19H22N4/c1-13-7-9-15(10-8-13)17-12-20-23-18(11-14(2)21-19(17)23)22-16-5-3-4-6-16/h7-12,16,22H,3-6H2,1-2H3. The lowest BCUT2D eigenvalue weighted by Gasteiger charge is -2.15. The quantitative estimate of drug-likeness (QED) is 0.781. The van der Waals surface area contributed by atoms with Crippen LogP contribution in [0.4, 0.5) is 5.82 Å². The van der Waals surface area contributed by atoms with E-state index in [0.29, 0.717) is 6.04 Å². The highest BCUT2D eigenvalue weighted by molar-refractivity contribution is 5.78. The van der Waals surface area contributed by atoms with E-state index in [1.165, 1.54) is 31.2 Å². The van der Waals surface area contributed by atoms with Crippen molar-refractivity contribution in [3.05, 3.63) is 47.8 Å². The van der Waals surface area contributed by atoms with E-state index in [0.717, 1.165) is 28.3 Å². The summed E-state index contributed by atoms with van der Waals surface area (Å²) in [6.45, 7) is 4.15. The van der Waals surface area contributed by atoms with Crippen LogP contribution in [-0.4, -0.2) is 20.6 Å². The number of benzene rings is 1. The van der Waals surface area contributed by atoms with E-state index in [4.69, 9.17) is 4.98 Å². The fourth-order valence-corrected chi connectivity index (χ4v) is 3.40. The molecule has 1 aliphatic carbocycles. The zero-order chi connectivity index (χ0) is 15.8. The molecule has 0 saturated heterocycles. The predicted octanol–water partition coefficient (Wildman–Crippen LogP) is 4.37. The van der Waals surface area contributed by atoms with Crippen LogP contribution in [0.15, 0.2) is 36.5 Å². The molecule has 2 aromatic heterocycles. The van der Waals surface area contributed by atoms with E-state index in [2.05, 4.69) is 47.7 Å². The molecule has 4 nitrogen and oxygen atoms in total. The molecule has 0 amide bonds. The maximum Gasteiger partial charge on any atom is 0.165 e. The number of nitrogens with one attached hydrogen (secondary N) is 1. The van der Waals surface area contributed by atoms with Gasteiger partial charge in [-0.1, -0.05) is 42.7 Å². The Labute approximate surface area is 136 Å². The summed E-state index contributed by atoms with van der Waals surface area (Å²) in [4.78, 5) is 4.73. The van der Waals surface area contributed by atoms with Crippen LogP contribution in [0.2, 0.25) is 0 Å². The minimum Gasteiger partial charge on any atom is -0.367 e. The Balaban J connectivity index is 1.79. The molecule has 1 saturated carbocycles. The third-order valence-corrected chi connectivity index (χ3v) is 4.67. The third kappa shape index (κ3) is 2.69. The lowest BCUT2D eigenvalue weighted by molar-refractivity contribution is 0.739. The van der Waals surface area contributed by atoms with Gasteiger partial charge in [-0.3, -0.25) is 0 Å². The van der Waals surface area contributed by atoms with Crippen molar-refractivity contribution in [1.29, 1.82) is 0 Å². The first-order chi connectivity index (χ1) is 11.2. The zero-order valence-corrected chi connectivity index (χ0v) is 13.7. The van der Waals surface area contributed by atoms with Gasteiger partial charge < -0.3 is 5.32 Å². The number of anilines is 1. The molecule has 0 unspecified atom stereocenters. The molecule has 1 aliphatic rings. The second-order valence-electron chi connectivity index (χ2n) is 6.57. The van der Waals surface area contributed by atoms with E-state index >= 15 is 0 Å². The summed E-state index contributed by atoms with van der Waals surface area (Å²) in [5.41, 5.74) is 5.46. The molecule has 0 radical (unpaired) electrons. The van der Waals surface area contributed by atoms with Gasteiger partial charge >= 0.3 is 0 Å². The van der Waals surface area contributed by atoms with Crippen molar-refractivity contribution < 1.29 is 0 Å². The van der Waals surface area contributed by atoms with Crippen molar-refractivity contribution in [1.82, 2.24) is 14.6 Å². The van der Waals surface area contributed by atoms with Crippen molar-refractivity contribution in [2.45, 2.75) is 45.6 Å². The number of aryl methyl sites for hydroxylation is 2. The first-order valence-electron chi connectivity index (χ1n) is 8.40. The molecule has 0 aliphatic heterocycles. The number of rotatable bonds is 3. The molecule has 4 rings (SSSR count). The average molecular weight is 306 g/mol. The fourth-order valence-electron chi connectivity index (χ4n) is 3.40. The Morgan fingerprint density at radius 1 is 1.09 bits per heavy atom. The van der Waals surface area contributed by atoms with Crippen LogP contribution in [0.5, 0.6) is 0 Å². The molecule has 23 heavy (non-hydrogen) atoms. The van der Waals surface area contributed by atoms with Crippen LogP contribution in [0, 0.1) is 13.8 Å². The normalized spacial score (nSPS) is 15.4. The molecular formula is C19H22N4. The van der Waals surface area contributed by atoms with Crippen LogP contribution in [-0.2, 0) is 0 Å². The van der Waals surface area contributed by atoms with Gasteiger partial charge in [-0.2, -0.15) is 9.61 Å². The van der Waals surface area contributed by atoms with Gasteiger partial charge in [0, 0.05) is 23.4 Å². The Morgan fingerprint density at radius 2 is 1.83 bits per heavy atom. The molecule has 0 atom stereocenters. The molecule has 0 bridgehead atoms. The molecule has 3 aromatic rings. The summed E-state index contributed by atoms with van der Waals surface area (Å²) in [7, 11) is 0. The highest BCUT2D eigenvalue weighted by Gasteiger charge is 2.18. The maximum atomic E-state index is 4.73.